The molecule has 2 N–H and O–H groups in total. The summed E-state index contributed by atoms with van der Waals surface area (Å²) in [5, 5.41) is 3.35. The van der Waals surface area contributed by atoms with Crippen molar-refractivity contribution >= 4 is 0 Å². The third-order valence-electron chi connectivity index (χ3n) is 2.46. The molecule has 17 heavy (non-hydrogen) atoms. The van der Waals surface area contributed by atoms with Crippen LogP contribution >= 0.6 is 0 Å². The number of imidazole rings is 1. The van der Waals surface area contributed by atoms with Crippen molar-refractivity contribution < 1.29 is 4.74 Å². The second kappa shape index (κ2) is 6.06. The molecule has 0 aliphatic rings. The fourth-order valence-electron chi connectivity index (χ4n) is 1.66. The van der Waals surface area contributed by atoms with E-state index in [2.05, 4.69) is 21.4 Å². The number of nitrogens with zero attached hydrogens (tertiary/aromatic N) is 1. The van der Waals surface area contributed by atoms with Crippen LogP contribution in [-0.2, 0) is 13.1 Å². The van der Waals surface area contributed by atoms with E-state index in [0.717, 1.165) is 24.5 Å². The first-order chi connectivity index (χ1) is 8.40. The minimum atomic E-state index is 0.692. The van der Waals surface area contributed by atoms with E-state index < -0.39 is 0 Å². The van der Waals surface area contributed by atoms with Gasteiger partial charge in [-0.25, -0.2) is 4.98 Å². The summed E-state index contributed by atoms with van der Waals surface area (Å²) < 4.78 is 5.56. The van der Waals surface area contributed by atoms with Gasteiger partial charge in [-0.1, -0.05) is 18.2 Å². The van der Waals surface area contributed by atoms with E-state index in [4.69, 9.17) is 4.74 Å². The molecule has 90 valence electrons. The summed E-state index contributed by atoms with van der Waals surface area (Å²) in [5.74, 6) is 0.951. The van der Waals surface area contributed by atoms with Gasteiger partial charge in [0, 0.05) is 30.5 Å². The number of para-hydroxylation sites is 1. The summed E-state index contributed by atoms with van der Waals surface area (Å²) in [6.45, 7) is 4.25. The molecule has 4 nitrogen and oxygen atoms in total. The minimum absolute atomic E-state index is 0.692. The smallest absolute Gasteiger partial charge is 0.123 e. The van der Waals surface area contributed by atoms with Crippen molar-refractivity contribution in [1.29, 1.82) is 0 Å². The maximum atomic E-state index is 5.56. The van der Waals surface area contributed by atoms with Crippen molar-refractivity contribution in [3.8, 4) is 5.75 Å². The molecule has 4 heteroatoms. The number of aromatic nitrogens is 2. The predicted octanol–water partition coefficient (Wildman–Crippen LogP) is 2.10. The molecule has 1 heterocycles. The number of nitrogens with one attached hydrogen (secondary N) is 2. The summed E-state index contributed by atoms with van der Waals surface area (Å²) in [4.78, 5) is 7.03. The van der Waals surface area contributed by atoms with Crippen molar-refractivity contribution in [2.75, 3.05) is 6.61 Å². The van der Waals surface area contributed by atoms with Gasteiger partial charge in [-0.05, 0) is 13.0 Å². The van der Waals surface area contributed by atoms with E-state index in [0.29, 0.717) is 6.61 Å². The number of hydrogen-bond donors (Lipinski definition) is 2. The fraction of sp³-hybridized carbons (Fsp3) is 0.308. The number of hydrogen-bond acceptors (Lipinski definition) is 3. The SMILES string of the molecule is CCOc1ccccc1CNCc1cnc[nH]1. The molecule has 0 amide bonds. The first-order valence-electron chi connectivity index (χ1n) is 5.79. The van der Waals surface area contributed by atoms with Gasteiger partial charge in [0.1, 0.15) is 5.75 Å². The van der Waals surface area contributed by atoms with Crippen molar-refractivity contribution in [2.45, 2.75) is 20.0 Å². The van der Waals surface area contributed by atoms with E-state index in [1.165, 1.54) is 5.56 Å². The Kier molecular flexibility index (Phi) is 4.16. The lowest BCUT2D eigenvalue weighted by Crippen LogP contribution is -2.13. The normalized spacial score (nSPS) is 10.4. The maximum Gasteiger partial charge on any atom is 0.123 e. The highest BCUT2D eigenvalue weighted by Gasteiger charge is 2.01. The Morgan fingerprint density at radius 1 is 1.29 bits per heavy atom. The lowest BCUT2D eigenvalue weighted by Gasteiger charge is -2.10. The van der Waals surface area contributed by atoms with Gasteiger partial charge < -0.3 is 15.0 Å². The number of rotatable bonds is 6. The molecule has 2 rings (SSSR count). The molecular weight excluding hydrogens is 214 g/mol. The van der Waals surface area contributed by atoms with Crippen LogP contribution in [0, 0.1) is 0 Å². The Morgan fingerprint density at radius 2 is 2.18 bits per heavy atom. The molecule has 1 aromatic carbocycles. The van der Waals surface area contributed by atoms with E-state index in [-0.39, 0.29) is 0 Å². The molecular formula is C13H17N3O. The van der Waals surface area contributed by atoms with E-state index in [1.807, 2.05) is 31.3 Å². The number of ether oxygens (including phenoxy) is 1. The molecule has 0 fully saturated rings. The van der Waals surface area contributed by atoms with Gasteiger partial charge in [-0.2, -0.15) is 0 Å². The Bertz CT molecular complexity index is 440. The van der Waals surface area contributed by atoms with Gasteiger partial charge in [-0.3, -0.25) is 0 Å². The van der Waals surface area contributed by atoms with Gasteiger partial charge in [0.15, 0.2) is 0 Å². The zero-order valence-electron chi connectivity index (χ0n) is 9.94. The monoisotopic (exact) mass is 231 g/mol. The predicted molar refractivity (Wildman–Crippen MR) is 66.7 cm³/mol. The molecule has 0 spiro atoms. The van der Waals surface area contributed by atoms with E-state index in [1.54, 1.807) is 6.33 Å². The highest BCUT2D eigenvalue weighted by atomic mass is 16.5. The largest absolute Gasteiger partial charge is 0.494 e. The highest BCUT2D eigenvalue weighted by Crippen LogP contribution is 2.17. The first-order valence-corrected chi connectivity index (χ1v) is 5.79. The van der Waals surface area contributed by atoms with Crippen molar-refractivity contribution in [1.82, 2.24) is 15.3 Å². The molecule has 0 unspecified atom stereocenters. The first kappa shape index (κ1) is 11.7. The topological polar surface area (TPSA) is 49.9 Å². The Labute approximate surface area is 101 Å². The van der Waals surface area contributed by atoms with Crippen LogP contribution < -0.4 is 10.1 Å². The minimum Gasteiger partial charge on any atom is -0.494 e. The van der Waals surface area contributed by atoms with Gasteiger partial charge in [0.2, 0.25) is 0 Å². The molecule has 1 aromatic heterocycles. The Morgan fingerprint density at radius 3 is 2.94 bits per heavy atom. The highest BCUT2D eigenvalue weighted by molar-refractivity contribution is 5.33. The molecule has 0 atom stereocenters. The van der Waals surface area contributed by atoms with Crippen molar-refractivity contribution in [2.24, 2.45) is 0 Å². The number of H-pyrrole nitrogens is 1. The average Bonchev–Trinajstić information content (AvgIpc) is 2.85. The number of aromatic amines is 1. The van der Waals surface area contributed by atoms with E-state index >= 15 is 0 Å². The summed E-state index contributed by atoms with van der Waals surface area (Å²) >= 11 is 0. The molecule has 0 saturated heterocycles. The third kappa shape index (κ3) is 3.32. The summed E-state index contributed by atoms with van der Waals surface area (Å²) in [6, 6.07) is 8.08. The van der Waals surface area contributed by atoms with Gasteiger partial charge in [-0.15, -0.1) is 0 Å². The standard InChI is InChI=1S/C13H17N3O/c1-2-17-13-6-4-3-5-11(13)7-14-8-12-9-15-10-16-12/h3-6,9-10,14H,2,7-8H2,1H3,(H,15,16). The van der Waals surface area contributed by atoms with Crippen LogP contribution in [0.1, 0.15) is 18.2 Å². The second-order valence-electron chi connectivity index (χ2n) is 3.72. The Balaban J connectivity index is 1.89. The molecule has 2 aromatic rings. The fourth-order valence-corrected chi connectivity index (χ4v) is 1.66. The molecule has 0 radical (unpaired) electrons. The molecule has 0 bridgehead atoms. The average molecular weight is 231 g/mol. The summed E-state index contributed by atoms with van der Waals surface area (Å²) in [7, 11) is 0. The second-order valence-corrected chi connectivity index (χ2v) is 3.72. The van der Waals surface area contributed by atoms with Crippen molar-refractivity contribution in [3.63, 3.8) is 0 Å². The van der Waals surface area contributed by atoms with Crippen LogP contribution in [0.2, 0.25) is 0 Å². The van der Waals surface area contributed by atoms with Gasteiger partial charge in [0.05, 0.1) is 12.9 Å². The van der Waals surface area contributed by atoms with Gasteiger partial charge >= 0.3 is 0 Å². The molecule has 0 aliphatic carbocycles. The van der Waals surface area contributed by atoms with Crippen LogP contribution in [0.4, 0.5) is 0 Å². The lowest BCUT2D eigenvalue weighted by atomic mass is 10.2. The zero-order valence-corrected chi connectivity index (χ0v) is 9.94. The quantitative estimate of drug-likeness (QED) is 0.800. The Hall–Kier alpha value is -1.81. The molecule has 0 aliphatic heterocycles. The maximum absolute atomic E-state index is 5.56. The summed E-state index contributed by atoms with van der Waals surface area (Å²) in [5.41, 5.74) is 2.26. The number of benzene rings is 1. The molecule has 0 saturated carbocycles. The van der Waals surface area contributed by atoms with E-state index in [9.17, 15) is 0 Å². The van der Waals surface area contributed by atoms with Crippen molar-refractivity contribution in [3.05, 3.63) is 48.0 Å². The summed E-state index contributed by atoms with van der Waals surface area (Å²) in [6.07, 6.45) is 3.51. The lowest BCUT2D eigenvalue weighted by molar-refractivity contribution is 0.335. The van der Waals surface area contributed by atoms with Crippen LogP contribution in [0.25, 0.3) is 0 Å². The zero-order chi connectivity index (χ0) is 11.9. The third-order valence-corrected chi connectivity index (χ3v) is 2.46. The van der Waals surface area contributed by atoms with Crippen LogP contribution in [-0.4, -0.2) is 16.6 Å². The van der Waals surface area contributed by atoms with Crippen LogP contribution in [0.3, 0.4) is 0 Å². The van der Waals surface area contributed by atoms with Crippen LogP contribution in [0.15, 0.2) is 36.8 Å². The van der Waals surface area contributed by atoms with Crippen LogP contribution in [0.5, 0.6) is 5.75 Å². The van der Waals surface area contributed by atoms with Gasteiger partial charge in [0.25, 0.3) is 0 Å².